The van der Waals surface area contributed by atoms with E-state index in [1.807, 2.05) is 31.2 Å². The van der Waals surface area contributed by atoms with Gasteiger partial charge in [-0.2, -0.15) is 0 Å². The van der Waals surface area contributed by atoms with E-state index >= 15 is 0 Å². The van der Waals surface area contributed by atoms with E-state index in [0.717, 1.165) is 11.3 Å². The molecule has 4 rings (SSSR count). The Kier molecular flexibility index (Phi) is 5.14. The van der Waals surface area contributed by atoms with Crippen molar-refractivity contribution in [1.82, 2.24) is 4.57 Å². The lowest BCUT2D eigenvalue weighted by Crippen LogP contribution is -2.26. The van der Waals surface area contributed by atoms with Gasteiger partial charge in [-0.3, -0.25) is 9.59 Å². The van der Waals surface area contributed by atoms with Crippen molar-refractivity contribution in [2.75, 3.05) is 5.32 Å². The van der Waals surface area contributed by atoms with E-state index in [0.29, 0.717) is 16.7 Å². The number of furan rings is 1. The zero-order valence-corrected chi connectivity index (χ0v) is 16.8. The molecule has 0 aliphatic rings. The average Bonchev–Trinajstić information content (AvgIpc) is 3.28. The molecule has 0 fully saturated rings. The second kappa shape index (κ2) is 7.91. The van der Waals surface area contributed by atoms with E-state index in [-0.39, 0.29) is 17.7 Å². The topological polar surface area (TPSA) is 84.5 Å². The molecular formula is C24H22N2O4. The van der Waals surface area contributed by atoms with Gasteiger partial charge < -0.3 is 19.4 Å². The van der Waals surface area contributed by atoms with Crippen LogP contribution in [0.1, 0.15) is 34.1 Å². The number of nitrogens with zero attached hydrogens (tertiary/aromatic N) is 1. The monoisotopic (exact) mass is 402 g/mol. The van der Waals surface area contributed by atoms with Crippen LogP contribution in [0.4, 0.5) is 5.69 Å². The molecule has 0 aliphatic carbocycles. The molecule has 1 atom stereocenters. The van der Waals surface area contributed by atoms with Crippen LogP contribution >= 0.6 is 0 Å². The molecule has 2 aromatic carbocycles. The number of hydrogen-bond donors (Lipinski definition) is 2. The normalized spacial score (nSPS) is 12.1. The molecule has 6 nitrogen and oxygen atoms in total. The van der Waals surface area contributed by atoms with Gasteiger partial charge in [-0.1, -0.05) is 29.8 Å². The highest BCUT2D eigenvalue weighted by Gasteiger charge is 2.25. The van der Waals surface area contributed by atoms with Crippen LogP contribution in [-0.4, -0.2) is 15.5 Å². The number of carbonyl (C=O) groups excluding carboxylic acids is 1. The maximum atomic E-state index is 13.2. The highest BCUT2D eigenvalue weighted by molar-refractivity contribution is 6.03. The smallest absolute Gasteiger partial charge is 0.265 e. The maximum absolute atomic E-state index is 13.2. The van der Waals surface area contributed by atoms with Gasteiger partial charge in [-0.05, 0) is 43.3 Å². The number of ketones is 1. The van der Waals surface area contributed by atoms with Crippen LogP contribution in [-0.2, 0) is 7.05 Å². The molecule has 0 spiro atoms. The number of nitrogens with one attached hydrogen (secondary N) is 1. The minimum Gasteiger partial charge on any atom is -0.506 e. The molecule has 6 heteroatoms. The molecule has 2 aromatic heterocycles. The second-order valence-corrected chi connectivity index (χ2v) is 7.31. The van der Waals surface area contributed by atoms with Crippen LogP contribution in [0.5, 0.6) is 5.75 Å². The number of hydrogen-bond acceptors (Lipinski definition) is 5. The van der Waals surface area contributed by atoms with Crippen molar-refractivity contribution >= 4 is 22.4 Å². The molecule has 0 aliphatic heterocycles. The van der Waals surface area contributed by atoms with E-state index in [4.69, 9.17) is 4.42 Å². The molecule has 30 heavy (non-hydrogen) atoms. The Labute approximate surface area is 173 Å². The fraction of sp³-hybridized carbons (Fsp3) is 0.167. The predicted octanol–water partition coefficient (Wildman–Crippen LogP) is 4.57. The number of rotatable bonds is 6. The third-order valence-electron chi connectivity index (χ3n) is 5.22. The first-order chi connectivity index (χ1) is 14.5. The Balaban J connectivity index is 1.71. The average molecular weight is 402 g/mol. The van der Waals surface area contributed by atoms with E-state index < -0.39 is 17.4 Å². The molecule has 0 amide bonds. The zero-order valence-electron chi connectivity index (χ0n) is 16.8. The van der Waals surface area contributed by atoms with Gasteiger partial charge in [0.2, 0.25) is 0 Å². The fourth-order valence-electron chi connectivity index (χ4n) is 3.58. The summed E-state index contributed by atoms with van der Waals surface area (Å²) in [7, 11) is 1.59. The summed E-state index contributed by atoms with van der Waals surface area (Å²) in [6.07, 6.45) is 1.48. The number of Topliss-reactive ketones (excluding diaryl/α,β-unsaturated/α-hetero) is 1. The van der Waals surface area contributed by atoms with Crippen molar-refractivity contribution in [1.29, 1.82) is 0 Å². The van der Waals surface area contributed by atoms with Crippen LogP contribution < -0.4 is 10.9 Å². The number of pyridine rings is 1. The van der Waals surface area contributed by atoms with Gasteiger partial charge in [0.1, 0.15) is 17.1 Å². The van der Waals surface area contributed by atoms with Gasteiger partial charge >= 0.3 is 0 Å². The highest BCUT2D eigenvalue weighted by Crippen LogP contribution is 2.30. The summed E-state index contributed by atoms with van der Waals surface area (Å²) in [6.45, 7) is 2.00. The number of benzene rings is 2. The van der Waals surface area contributed by atoms with E-state index in [9.17, 15) is 14.7 Å². The Bertz CT molecular complexity index is 1260. The Morgan fingerprint density at radius 2 is 1.83 bits per heavy atom. The van der Waals surface area contributed by atoms with Crippen molar-refractivity contribution in [3.8, 4) is 5.75 Å². The van der Waals surface area contributed by atoms with Gasteiger partial charge in [-0.15, -0.1) is 0 Å². The van der Waals surface area contributed by atoms with E-state index in [1.54, 1.807) is 43.4 Å². The summed E-state index contributed by atoms with van der Waals surface area (Å²) in [5.41, 5.74) is 1.78. The molecule has 4 aromatic rings. The minimum atomic E-state index is -0.523. The number of fused-ring (bicyclic) bond motifs is 1. The second-order valence-electron chi connectivity index (χ2n) is 7.31. The number of aryl methyl sites for hydroxylation is 2. The Morgan fingerprint density at radius 3 is 2.53 bits per heavy atom. The molecule has 0 saturated carbocycles. The van der Waals surface area contributed by atoms with Crippen LogP contribution in [0.15, 0.2) is 76.1 Å². The zero-order chi connectivity index (χ0) is 21.3. The van der Waals surface area contributed by atoms with Crippen molar-refractivity contribution in [2.45, 2.75) is 19.4 Å². The third kappa shape index (κ3) is 3.59. The number of aromatic hydroxyl groups is 1. The summed E-state index contributed by atoms with van der Waals surface area (Å²) in [5, 5.41) is 14.5. The van der Waals surface area contributed by atoms with Crippen molar-refractivity contribution in [2.24, 2.45) is 7.05 Å². The van der Waals surface area contributed by atoms with Gasteiger partial charge in [0, 0.05) is 24.5 Å². The molecule has 2 N–H and O–H groups in total. The molecule has 0 saturated heterocycles. The van der Waals surface area contributed by atoms with Crippen LogP contribution in [0.25, 0.3) is 10.9 Å². The Hall–Kier alpha value is -3.80. The third-order valence-corrected chi connectivity index (χ3v) is 5.22. The SMILES string of the molecule is Cc1ccc(N[C@@H](CC(=O)c2c(O)c3ccccc3n(C)c2=O)c2ccco2)cc1. The summed E-state index contributed by atoms with van der Waals surface area (Å²) in [6, 6.07) is 17.8. The molecule has 2 heterocycles. The predicted molar refractivity (Wildman–Crippen MR) is 116 cm³/mol. The lowest BCUT2D eigenvalue weighted by atomic mass is 10.00. The molecule has 0 bridgehead atoms. The number of para-hydroxylation sites is 1. The first-order valence-electron chi connectivity index (χ1n) is 9.66. The van der Waals surface area contributed by atoms with Gasteiger partial charge in [0.05, 0.1) is 17.8 Å². The quantitative estimate of drug-likeness (QED) is 0.462. The summed E-state index contributed by atoms with van der Waals surface area (Å²) < 4.78 is 6.91. The highest BCUT2D eigenvalue weighted by atomic mass is 16.3. The minimum absolute atomic E-state index is 0.0530. The molecular weight excluding hydrogens is 380 g/mol. The first kappa shape index (κ1) is 19.5. The summed E-state index contributed by atoms with van der Waals surface area (Å²) in [5.74, 6) is -0.173. The molecule has 152 valence electrons. The fourth-order valence-corrected chi connectivity index (χ4v) is 3.58. The maximum Gasteiger partial charge on any atom is 0.265 e. The summed E-state index contributed by atoms with van der Waals surface area (Å²) in [4.78, 5) is 26.0. The molecule has 0 radical (unpaired) electrons. The number of aromatic nitrogens is 1. The van der Waals surface area contributed by atoms with Crippen molar-refractivity contribution in [3.63, 3.8) is 0 Å². The molecule has 0 unspecified atom stereocenters. The standard InChI is InChI=1S/C24H22N2O4/c1-15-9-11-16(12-10-15)25-18(21-8-5-13-30-21)14-20(27)22-23(28)17-6-3-4-7-19(17)26(2)24(22)29/h3-13,18,25,28H,14H2,1-2H3/t18-/m0/s1. The van der Waals surface area contributed by atoms with Crippen LogP contribution in [0.3, 0.4) is 0 Å². The number of anilines is 1. The summed E-state index contributed by atoms with van der Waals surface area (Å²) >= 11 is 0. The van der Waals surface area contributed by atoms with Gasteiger partial charge in [0.25, 0.3) is 5.56 Å². The lowest BCUT2D eigenvalue weighted by molar-refractivity contribution is 0.0969. The van der Waals surface area contributed by atoms with Gasteiger partial charge in [0.15, 0.2) is 5.78 Å². The lowest BCUT2D eigenvalue weighted by Gasteiger charge is -2.18. The van der Waals surface area contributed by atoms with Crippen LogP contribution in [0.2, 0.25) is 0 Å². The van der Waals surface area contributed by atoms with Gasteiger partial charge in [-0.25, -0.2) is 0 Å². The number of carbonyl (C=O) groups is 1. The van der Waals surface area contributed by atoms with Crippen LogP contribution in [0, 0.1) is 6.92 Å². The van der Waals surface area contributed by atoms with Crippen molar-refractivity contribution < 1.29 is 14.3 Å². The van der Waals surface area contributed by atoms with E-state index in [1.165, 1.54) is 10.8 Å². The first-order valence-corrected chi connectivity index (χ1v) is 9.66. The van der Waals surface area contributed by atoms with Crippen molar-refractivity contribution in [3.05, 3.63) is 94.2 Å². The largest absolute Gasteiger partial charge is 0.506 e. The van der Waals surface area contributed by atoms with E-state index in [2.05, 4.69) is 5.32 Å². The Morgan fingerprint density at radius 1 is 1.10 bits per heavy atom.